The number of benzene rings is 1. The number of rotatable bonds is 4. The molecule has 1 aromatic rings. The zero-order valence-corrected chi connectivity index (χ0v) is 14.3. The van der Waals surface area contributed by atoms with E-state index in [1.54, 1.807) is 17.8 Å². The molecule has 21 heavy (non-hydrogen) atoms. The van der Waals surface area contributed by atoms with E-state index < -0.39 is 11.7 Å². The van der Waals surface area contributed by atoms with Crippen LogP contribution >= 0.6 is 27.7 Å². The zero-order valence-electron chi connectivity index (χ0n) is 11.9. The summed E-state index contributed by atoms with van der Waals surface area (Å²) in [5.74, 6) is 0. The van der Waals surface area contributed by atoms with Gasteiger partial charge in [0.15, 0.2) is 0 Å². The minimum atomic E-state index is -4.34. The molecule has 0 saturated heterocycles. The van der Waals surface area contributed by atoms with E-state index in [0.29, 0.717) is 11.0 Å². The van der Waals surface area contributed by atoms with Crippen LogP contribution in [0.1, 0.15) is 37.7 Å². The molecule has 1 saturated carbocycles. The minimum absolute atomic E-state index is 0.0637. The first-order valence-corrected chi connectivity index (χ1v) is 9.04. The van der Waals surface area contributed by atoms with Crippen LogP contribution in [0.2, 0.25) is 0 Å². The van der Waals surface area contributed by atoms with Gasteiger partial charge in [0.05, 0.1) is 5.56 Å². The lowest BCUT2D eigenvalue weighted by Crippen LogP contribution is -2.36. The largest absolute Gasteiger partial charge is 0.418 e. The van der Waals surface area contributed by atoms with Crippen LogP contribution in [0.5, 0.6) is 0 Å². The molecule has 1 fully saturated rings. The van der Waals surface area contributed by atoms with Crippen molar-refractivity contribution in [3.63, 3.8) is 0 Å². The van der Waals surface area contributed by atoms with Gasteiger partial charge in [-0.15, -0.1) is 0 Å². The smallest absolute Gasteiger partial charge is 0.383 e. The molecule has 0 aliphatic heterocycles. The Bertz CT molecular complexity index is 484. The summed E-state index contributed by atoms with van der Waals surface area (Å²) in [5, 5.41) is 3.05. The molecule has 0 heterocycles. The summed E-state index contributed by atoms with van der Waals surface area (Å²) in [7, 11) is 0. The van der Waals surface area contributed by atoms with E-state index >= 15 is 0 Å². The molecule has 0 unspecified atom stereocenters. The number of hydrogen-bond donors (Lipinski definition) is 1. The third-order valence-corrected chi connectivity index (χ3v) is 6.00. The standard InChI is InChI=1S/C15H19BrF3NS/c1-21-14(7-3-2-4-8-14)10-20-13-6-5-11(16)9-12(13)15(17,18)19/h5-6,9,20H,2-4,7-8,10H2,1H3. The van der Waals surface area contributed by atoms with E-state index in [1.807, 2.05) is 0 Å². The van der Waals surface area contributed by atoms with E-state index in [2.05, 4.69) is 27.5 Å². The van der Waals surface area contributed by atoms with E-state index in [1.165, 1.54) is 12.5 Å². The van der Waals surface area contributed by atoms with Gasteiger partial charge < -0.3 is 5.32 Å². The molecule has 1 aromatic carbocycles. The molecule has 1 aliphatic rings. The van der Waals surface area contributed by atoms with Crippen LogP contribution in [0.25, 0.3) is 0 Å². The molecule has 0 radical (unpaired) electrons. The van der Waals surface area contributed by atoms with Crippen molar-refractivity contribution < 1.29 is 13.2 Å². The Kier molecular flexibility index (Phi) is 5.52. The molecule has 2 rings (SSSR count). The van der Waals surface area contributed by atoms with E-state index in [0.717, 1.165) is 31.7 Å². The summed E-state index contributed by atoms with van der Waals surface area (Å²) in [4.78, 5) is 0. The number of alkyl halides is 3. The second-order valence-electron chi connectivity index (χ2n) is 5.49. The number of halogens is 4. The van der Waals surface area contributed by atoms with Gasteiger partial charge in [-0.2, -0.15) is 24.9 Å². The van der Waals surface area contributed by atoms with Crippen LogP contribution in [0.4, 0.5) is 18.9 Å². The fourth-order valence-corrected chi connectivity index (χ4v) is 4.09. The molecule has 0 bridgehead atoms. The predicted octanol–water partition coefficient (Wildman–Crippen LogP) is 5.95. The van der Waals surface area contributed by atoms with Gasteiger partial charge in [0.25, 0.3) is 0 Å². The van der Waals surface area contributed by atoms with Gasteiger partial charge in [0.1, 0.15) is 0 Å². The molecule has 1 aliphatic carbocycles. The Morgan fingerprint density at radius 3 is 2.48 bits per heavy atom. The molecular formula is C15H19BrF3NS. The van der Waals surface area contributed by atoms with Crippen molar-refractivity contribution in [3.8, 4) is 0 Å². The number of hydrogen-bond acceptors (Lipinski definition) is 2. The van der Waals surface area contributed by atoms with Crippen molar-refractivity contribution in [1.29, 1.82) is 0 Å². The summed E-state index contributed by atoms with van der Waals surface area (Å²) in [6.07, 6.45) is 3.40. The Hall–Kier alpha value is -0.360. The topological polar surface area (TPSA) is 12.0 Å². The first-order chi connectivity index (χ1) is 9.86. The highest BCUT2D eigenvalue weighted by molar-refractivity contribution is 9.10. The van der Waals surface area contributed by atoms with Crippen molar-refractivity contribution in [2.75, 3.05) is 18.1 Å². The van der Waals surface area contributed by atoms with Gasteiger partial charge >= 0.3 is 6.18 Å². The van der Waals surface area contributed by atoms with Crippen molar-refractivity contribution in [2.45, 2.75) is 43.0 Å². The van der Waals surface area contributed by atoms with E-state index in [9.17, 15) is 13.2 Å². The number of nitrogens with one attached hydrogen (secondary N) is 1. The van der Waals surface area contributed by atoms with Gasteiger partial charge in [0, 0.05) is 21.5 Å². The van der Waals surface area contributed by atoms with E-state index in [4.69, 9.17) is 0 Å². The zero-order chi connectivity index (χ0) is 15.5. The van der Waals surface area contributed by atoms with Crippen molar-refractivity contribution in [1.82, 2.24) is 0 Å². The van der Waals surface area contributed by atoms with Crippen molar-refractivity contribution >= 4 is 33.4 Å². The highest BCUT2D eigenvalue weighted by Gasteiger charge is 2.35. The fourth-order valence-electron chi connectivity index (χ4n) is 2.81. The Morgan fingerprint density at radius 1 is 1.24 bits per heavy atom. The Morgan fingerprint density at radius 2 is 1.90 bits per heavy atom. The lowest BCUT2D eigenvalue weighted by atomic mass is 9.88. The first-order valence-electron chi connectivity index (χ1n) is 7.02. The Balaban J connectivity index is 2.16. The van der Waals surface area contributed by atoms with Crippen LogP contribution in [0, 0.1) is 0 Å². The number of anilines is 1. The summed E-state index contributed by atoms with van der Waals surface area (Å²) < 4.78 is 39.8. The molecule has 6 heteroatoms. The van der Waals surface area contributed by atoms with Crippen LogP contribution in [-0.2, 0) is 6.18 Å². The number of thioether (sulfide) groups is 1. The summed E-state index contributed by atoms with van der Waals surface area (Å²) in [5.41, 5.74) is -0.436. The summed E-state index contributed by atoms with van der Waals surface area (Å²) in [6.45, 7) is 0.582. The molecule has 1 N–H and O–H groups in total. The van der Waals surface area contributed by atoms with Crippen molar-refractivity contribution in [3.05, 3.63) is 28.2 Å². The normalized spacial score (nSPS) is 18.5. The highest BCUT2D eigenvalue weighted by atomic mass is 79.9. The van der Waals surface area contributed by atoms with Gasteiger partial charge in [-0.25, -0.2) is 0 Å². The fraction of sp³-hybridized carbons (Fsp3) is 0.600. The van der Waals surface area contributed by atoms with Crippen molar-refractivity contribution in [2.24, 2.45) is 0 Å². The molecule has 0 atom stereocenters. The third kappa shape index (κ3) is 4.31. The quantitative estimate of drug-likeness (QED) is 0.691. The van der Waals surface area contributed by atoms with Crippen LogP contribution in [0.3, 0.4) is 0 Å². The maximum Gasteiger partial charge on any atom is 0.418 e. The van der Waals surface area contributed by atoms with Gasteiger partial charge in [-0.1, -0.05) is 35.2 Å². The van der Waals surface area contributed by atoms with Gasteiger partial charge in [-0.3, -0.25) is 0 Å². The second kappa shape index (κ2) is 6.82. The highest BCUT2D eigenvalue weighted by Crippen LogP contribution is 2.40. The minimum Gasteiger partial charge on any atom is -0.383 e. The lowest BCUT2D eigenvalue weighted by molar-refractivity contribution is -0.137. The molecule has 118 valence electrons. The van der Waals surface area contributed by atoms with Crippen LogP contribution in [0.15, 0.2) is 22.7 Å². The third-order valence-electron chi connectivity index (χ3n) is 4.09. The average molecular weight is 382 g/mol. The maximum absolute atomic E-state index is 13.1. The van der Waals surface area contributed by atoms with Crippen LogP contribution < -0.4 is 5.32 Å². The summed E-state index contributed by atoms with van der Waals surface area (Å²) in [6, 6.07) is 4.28. The Labute approximate surface area is 136 Å². The molecule has 0 aromatic heterocycles. The van der Waals surface area contributed by atoms with Gasteiger partial charge in [-0.05, 0) is 37.3 Å². The SMILES string of the molecule is CSC1(CNc2ccc(Br)cc2C(F)(F)F)CCCCC1. The second-order valence-corrected chi connectivity index (χ2v) is 7.68. The molecule has 0 spiro atoms. The monoisotopic (exact) mass is 381 g/mol. The molecular weight excluding hydrogens is 363 g/mol. The van der Waals surface area contributed by atoms with E-state index in [-0.39, 0.29) is 10.4 Å². The summed E-state index contributed by atoms with van der Waals surface area (Å²) >= 11 is 4.88. The lowest BCUT2D eigenvalue weighted by Gasteiger charge is -2.36. The van der Waals surface area contributed by atoms with Crippen LogP contribution in [-0.4, -0.2) is 17.5 Å². The van der Waals surface area contributed by atoms with Gasteiger partial charge in [0.2, 0.25) is 0 Å². The first kappa shape index (κ1) is 17.0. The molecule has 0 amide bonds. The predicted molar refractivity (Wildman–Crippen MR) is 87.0 cm³/mol. The molecule has 1 nitrogen and oxygen atoms in total. The maximum atomic E-state index is 13.1. The average Bonchev–Trinajstić information content (AvgIpc) is 2.46.